The SMILES string of the molecule is O=c1cc(-c2ccc(C(F)(F)F)cc2)ccn1-c1ccc2c(cnn2CCN2CCC[C@@H]2CO)c1. The summed E-state index contributed by atoms with van der Waals surface area (Å²) in [7, 11) is 0. The Kier molecular flexibility index (Phi) is 6.21. The molecule has 4 aromatic rings. The summed E-state index contributed by atoms with van der Waals surface area (Å²) in [4.78, 5) is 15.1. The number of fused-ring (bicyclic) bond motifs is 1. The lowest BCUT2D eigenvalue weighted by Crippen LogP contribution is -2.34. The predicted molar refractivity (Wildman–Crippen MR) is 127 cm³/mol. The molecule has 0 unspecified atom stereocenters. The van der Waals surface area contributed by atoms with Crippen LogP contribution in [-0.2, 0) is 12.7 Å². The van der Waals surface area contributed by atoms with Crippen LogP contribution in [-0.4, -0.2) is 50.1 Å². The molecule has 1 aliphatic rings. The first-order chi connectivity index (χ1) is 16.8. The van der Waals surface area contributed by atoms with Crippen LogP contribution in [0.4, 0.5) is 13.2 Å². The predicted octanol–water partition coefficient (Wildman–Crippen LogP) is 4.33. The number of hydrogen-bond acceptors (Lipinski definition) is 4. The number of alkyl halides is 3. The van der Waals surface area contributed by atoms with E-state index in [2.05, 4.69) is 10.00 Å². The van der Waals surface area contributed by atoms with Gasteiger partial charge >= 0.3 is 6.18 Å². The lowest BCUT2D eigenvalue weighted by Gasteiger charge is -2.22. The largest absolute Gasteiger partial charge is 0.416 e. The van der Waals surface area contributed by atoms with E-state index in [0.29, 0.717) is 23.4 Å². The maximum absolute atomic E-state index is 12.8. The van der Waals surface area contributed by atoms with E-state index in [-0.39, 0.29) is 18.2 Å². The molecule has 0 bridgehead atoms. The van der Waals surface area contributed by atoms with Crippen LogP contribution in [0, 0.1) is 0 Å². The molecule has 2 aromatic carbocycles. The van der Waals surface area contributed by atoms with Crippen LogP contribution in [0.15, 0.2) is 71.8 Å². The van der Waals surface area contributed by atoms with Gasteiger partial charge in [-0.15, -0.1) is 0 Å². The van der Waals surface area contributed by atoms with Gasteiger partial charge in [-0.1, -0.05) is 12.1 Å². The number of halogens is 3. The Bertz CT molecular complexity index is 1390. The Morgan fingerprint density at radius 2 is 1.80 bits per heavy atom. The minimum atomic E-state index is -4.40. The van der Waals surface area contributed by atoms with E-state index in [1.807, 2.05) is 22.9 Å². The fourth-order valence-corrected chi connectivity index (χ4v) is 4.75. The molecule has 1 fully saturated rings. The third kappa shape index (κ3) is 4.74. The normalized spacial score (nSPS) is 16.9. The van der Waals surface area contributed by atoms with Gasteiger partial charge in [0, 0.05) is 35.9 Å². The van der Waals surface area contributed by atoms with E-state index in [9.17, 15) is 23.1 Å². The van der Waals surface area contributed by atoms with Gasteiger partial charge in [0.25, 0.3) is 5.56 Å². The number of pyridine rings is 1. The van der Waals surface area contributed by atoms with Crippen LogP contribution in [0.25, 0.3) is 27.7 Å². The van der Waals surface area contributed by atoms with Crippen molar-refractivity contribution in [2.45, 2.75) is 31.6 Å². The molecule has 182 valence electrons. The quantitative estimate of drug-likeness (QED) is 0.445. The van der Waals surface area contributed by atoms with Crippen molar-refractivity contribution in [3.63, 3.8) is 0 Å². The summed E-state index contributed by atoms with van der Waals surface area (Å²) in [5, 5.41) is 14.9. The highest BCUT2D eigenvalue weighted by molar-refractivity contribution is 5.81. The van der Waals surface area contributed by atoms with E-state index >= 15 is 0 Å². The Hall–Kier alpha value is -3.43. The number of aliphatic hydroxyl groups excluding tert-OH is 1. The van der Waals surface area contributed by atoms with Crippen LogP contribution >= 0.6 is 0 Å². The van der Waals surface area contributed by atoms with Gasteiger partial charge in [-0.25, -0.2) is 0 Å². The van der Waals surface area contributed by atoms with Crippen molar-refractivity contribution in [1.82, 2.24) is 19.2 Å². The molecule has 5 rings (SSSR count). The average molecular weight is 483 g/mol. The van der Waals surface area contributed by atoms with Gasteiger partial charge in [0.2, 0.25) is 0 Å². The molecule has 2 aromatic heterocycles. The third-order valence-electron chi connectivity index (χ3n) is 6.68. The number of likely N-dealkylation sites (tertiary alicyclic amines) is 1. The molecule has 1 saturated heterocycles. The molecule has 35 heavy (non-hydrogen) atoms. The molecular formula is C26H25F3N4O2. The second-order valence-electron chi connectivity index (χ2n) is 8.82. The molecular weight excluding hydrogens is 457 g/mol. The van der Waals surface area contributed by atoms with Crippen molar-refractivity contribution in [2.24, 2.45) is 0 Å². The standard InChI is InChI=1S/C26H25F3N4O2/c27-26(28,29)21-5-3-18(4-6-21)19-9-11-32(25(35)15-19)22-7-8-24-20(14-22)16-30-33(24)13-12-31-10-1-2-23(31)17-34/h3-9,11,14-16,23,34H,1-2,10,12-13,17H2/t23-/m1/s1. The summed E-state index contributed by atoms with van der Waals surface area (Å²) >= 11 is 0. The summed E-state index contributed by atoms with van der Waals surface area (Å²) in [5.41, 5.74) is 1.73. The first-order valence-electron chi connectivity index (χ1n) is 11.5. The Labute approximate surface area is 199 Å². The zero-order valence-corrected chi connectivity index (χ0v) is 18.9. The van der Waals surface area contributed by atoms with Crippen LogP contribution in [0.1, 0.15) is 18.4 Å². The van der Waals surface area contributed by atoms with Crippen molar-refractivity contribution in [1.29, 1.82) is 0 Å². The van der Waals surface area contributed by atoms with Crippen molar-refractivity contribution in [3.05, 3.63) is 82.9 Å². The lowest BCUT2D eigenvalue weighted by molar-refractivity contribution is -0.137. The van der Waals surface area contributed by atoms with Gasteiger partial charge in [-0.3, -0.25) is 18.9 Å². The first-order valence-corrected chi connectivity index (χ1v) is 11.5. The maximum Gasteiger partial charge on any atom is 0.416 e. The van der Waals surface area contributed by atoms with Gasteiger partial charge in [0.15, 0.2) is 0 Å². The monoisotopic (exact) mass is 482 g/mol. The van der Waals surface area contributed by atoms with Crippen molar-refractivity contribution >= 4 is 10.9 Å². The topological polar surface area (TPSA) is 63.3 Å². The average Bonchev–Trinajstić information content (AvgIpc) is 3.48. The number of rotatable bonds is 6. The number of hydrogen-bond donors (Lipinski definition) is 1. The van der Waals surface area contributed by atoms with Crippen LogP contribution < -0.4 is 5.56 Å². The fourth-order valence-electron chi connectivity index (χ4n) is 4.75. The van der Waals surface area contributed by atoms with Crippen molar-refractivity contribution < 1.29 is 18.3 Å². The van der Waals surface area contributed by atoms with Gasteiger partial charge in [-0.05, 0) is 66.9 Å². The number of aromatic nitrogens is 3. The summed E-state index contributed by atoms with van der Waals surface area (Å²) in [6.45, 7) is 2.69. The van der Waals surface area contributed by atoms with Gasteiger partial charge < -0.3 is 5.11 Å². The summed E-state index contributed by atoms with van der Waals surface area (Å²) < 4.78 is 41.9. The minimum Gasteiger partial charge on any atom is -0.395 e. The smallest absolute Gasteiger partial charge is 0.395 e. The highest BCUT2D eigenvalue weighted by Gasteiger charge is 2.30. The van der Waals surface area contributed by atoms with E-state index in [1.165, 1.54) is 22.8 Å². The number of aliphatic hydroxyl groups is 1. The third-order valence-corrected chi connectivity index (χ3v) is 6.68. The molecule has 9 heteroatoms. The van der Waals surface area contributed by atoms with Crippen LogP contribution in [0.2, 0.25) is 0 Å². The molecule has 0 saturated carbocycles. The number of benzene rings is 2. The Morgan fingerprint density at radius 1 is 1.00 bits per heavy atom. The first kappa shape index (κ1) is 23.3. The molecule has 1 atom stereocenters. The van der Waals surface area contributed by atoms with E-state index in [1.54, 1.807) is 18.5 Å². The molecule has 3 heterocycles. The Balaban J connectivity index is 1.35. The fraction of sp³-hybridized carbons (Fsp3) is 0.308. The highest BCUT2D eigenvalue weighted by atomic mass is 19.4. The molecule has 1 aliphatic heterocycles. The second kappa shape index (κ2) is 9.31. The highest BCUT2D eigenvalue weighted by Crippen LogP contribution is 2.31. The molecule has 0 spiro atoms. The van der Waals surface area contributed by atoms with Gasteiger partial charge in [-0.2, -0.15) is 18.3 Å². The minimum absolute atomic E-state index is 0.176. The summed E-state index contributed by atoms with van der Waals surface area (Å²) in [6, 6.07) is 13.8. The number of nitrogens with zero attached hydrogens (tertiary/aromatic N) is 4. The van der Waals surface area contributed by atoms with Crippen molar-refractivity contribution in [3.8, 4) is 16.8 Å². The molecule has 6 nitrogen and oxygen atoms in total. The zero-order chi connectivity index (χ0) is 24.6. The summed E-state index contributed by atoms with van der Waals surface area (Å²) in [6.07, 6.45) is 1.12. The Morgan fingerprint density at radius 3 is 2.51 bits per heavy atom. The van der Waals surface area contributed by atoms with Crippen LogP contribution in [0.3, 0.4) is 0 Å². The molecule has 1 N–H and O–H groups in total. The lowest BCUT2D eigenvalue weighted by atomic mass is 10.0. The van der Waals surface area contributed by atoms with Crippen LogP contribution in [0.5, 0.6) is 0 Å². The molecule has 0 radical (unpaired) electrons. The zero-order valence-electron chi connectivity index (χ0n) is 18.9. The maximum atomic E-state index is 12.8. The van der Waals surface area contributed by atoms with E-state index < -0.39 is 11.7 Å². The van der Waals surface area contributed by atoms with Gasteiger partial charge in [0.05, 0.1) is 30.4 Å². The van der Waals surface area contributed by atoms with Gasteiger partial charge in [0.1, 0.15) is 0 Å². The van der Waals surface area contributed by atoms with E-state index in [4.69, 9.17) is 0 Å². The summed E-state index contributed by atoms with van der Waals surface area (Å²) in [5.74, 6) is 0. The van der Waals surface area contributed by atoms with Crippen molar-refractivity contribution in [2.75, 3.05) is 19.7 Å². The second-order valence-corrected chi connectivity index (χ2v) is 8.82. The molecule has 0 amide bonds. The molecule has 0 aliphatic carbocycles. The van der Waals surface area contributed by atoms with E-state index in [0.717, 1.165) is 49.0 Å².